The molecule has 1 aromatic heterocycles. The van der Waals surface area contributed by atoms with Gasteiger partial charge in [0.15, 0.2) is 0 Å². The van der Waals surface area contributed by atoms with Gasteiger partial charge in [-0.25, -0.2) is 4.98 Å². The summed E-state index contributed by atoms with van der Waals surface area (Å²) in [6, 6.07) is 6.37. The Balaban J connectivity index is 1.61. The van der Waals surface area contributed by atoms with Gasteiger partial charge in [-0.3, -0.25) is 4.79 Å². The number of nitrogens with one attached hydrogen (secondary N) is 1. The summed E-state index contributed by atoms with van der Waals surface area (Å²) in [5.74, 6) is 1.05. The first-order valence-corrected chi connectivity index (χ1v) is 8.25. The minimum atomic E-state index is 0.0959. The van der Waals surface area contributed by atoms with Crippen LogP contribution in [0.15, 0.2) is 30.6 Å². The van der Waals surface area contributed by atoms with Crippen LogP contribution in [-0.4, -0.2) is 27.3 Å². The first-order chi connectivity index (χ1) is 10.8. The average molecular weight is 295 g/mol. The minimum Gasteiger partial charge on any atom is -0.347 e. The van der Waals surface area contributed by atoms with Crippen molar-refractivity contribution < 1.29 is 4.79 Å². The molecule has 114 valence electrons. The SMILES string of the molecule is O=C(c1ccc2c(c1)CCCC2)N1CCCC1c1ncc[nH]1. The number of amides is 1. The second-order valence-corrected chi connectivity index (χ2v) is 6.32. The quantitative estimate of drug-likeness (QED) is 0.924. The summed E-state index contributed by atoms with van der Waals surface area (Å²) >= 11 is 0. The number of rotatable bonds is 2. The molecule has 0 radical (unpaired) electrons. The molecule has 1 fully saturated rings. The molecule has 1 atom stereocenters. The van der Waals surface area contributed by atoms with Gasteiger partial charge in [-0.2, -0.15) is 0 Å². The van der Waals surface area contributed by atoms with Gasteiger partial charge in [0.1, 0.15) is 5.82 Å². The van der Waals surface area contributed by atoms with Gasteiger partial charge in [-0.15, -0.1) is 0 Å². The fraction of sp³-hybridized carbons (Fsp3) is 0.444. The smallest absolute Gasteiger partial charge is 0.254 e. The summed E-state index contributed by atoms with van der Waals surface area (Å²) in [4.78, 5) is 22.4. The summed E-state index contributed by atoms with van der Waals surface area (Å²) in [5, 5.41) is 0. The van der Waals surface area contributed by atoms with Crippen molar-refractivity contribution in [1.82, 2.24) is 14.9 Å². The molecule has 2 aromatic rings. The number of aromatic nitrogens is 2. The maximum atomic E-state index is 12.9. The molecule has 0 bridgehead atoms. The Kier molecular flexibility index (Phi) is 3.45. The number of hydrogen-bond donors (Lipinski definition) is 1. The van der Waals surface area contributed by atoms with Crippen LogP contribution in [0.2, 0.25) is 0 Å². The van der Waals surface area contributed by atoms with Crippen LogP contribution in [0.1, 0.15) is 59.0 Å². The number of carbonyl (C=O) groups excluding carboxylic acids is 1. The van der Waals surface area contributed by atoms with Crippen LogP contribution in [0.25, 0.3) is 0 Å². The van der Waals surface area contributed by atoms with E-state index in [-0.39, 0.29) is 11.9 Å². The molecule has 22 heavy (non-hydrogen) atoms. The topological polar surface area (TPSA) is 49.0 Å². The van der Waals surface area contributed by atoms with Crippen LogP contribution in [0.3, 0.4) is 0 Å². The molecule has 4 nitrogen and oxygen atoms in total. The number of hydrogen-bond acceptors (Lipinski definition) is 2. The van der Waals surface area contributed by atoms with E-state index < -0.39 is 0 Å². The predicted octanol–water partition coefficient (Wildman–Crippen LogP) is 3.27. The number of benzene rings is 1. The summed E-state index contributed by atoms with van der Waals surface area (Å²) in [7, 11) is 0. The summed E-state index contributed by atoms with van der Waals surface area (Å²) in [6.45, 7) is 0.821. The van der Waals surface area contributed by atoms with Crippen LogP contribution in [0.5, 0.6) is 0 Å². The Bertz CT molecular complexity index is 678. The van der Waals surface area contributed by atoms with Gasteiger partial charge in [0.05, 0.1) is 6.04 Å². The Hall–Kier alpha value is -2.10. The Morgan fingerprint density at radius 1 is 1.18 bits per heavy atom. The van der Waals surface area contributed by atoms with E-state index in [9.17, 15) is 4.79 Å². The molecule has 1 aliphatic carbocycles. The lowest BCUT2D eigenvalue weighted by molar-refractivity contribution is 0.0730. The first-order valence-electron chi connectivity index (χ1n) is 8.25. The minimum absolute atomic E-state index is 0.0959. The van der Waals surface area contributed by atoms with Crippen LogP contribution in [-0.2, 0) is 12.8 Å². The van der Waals surface area contributed by atoms with Crippen molar-refractivity contribution in [2.45, 2.75) is 44.6 Å². The van der Waals surface area contributed by atoms with E-state index >= 15 is 0 Å². The molecule has 1 saturated heterocycles. The van der Waals surface area contributed by atoms with E-state index in [0.29, 0.717) is 0 Å². The fourth-order valence-electron chi connectivity index (χ4n) is 3.79. The molecule has 0 saturated carbocycles. The highest BCUT2D eigenvalue weighted by molar-refractivity contribution is 5.95. The van der Waals surface area contributed by atoms with Crippen molar-refractivity contribution >= 4 is 5.91 Å². The molecule has 1 aliphatic heterocycles. The molecule has 4 rings (SSSR count). The lowest BCUT2D eigenvalue weighted by atomic mass is 9.90. The van der Waals surface area contributed by atoms with E-state index in [4.69, 9.17) is 0 Å². The van der Waals surface area contributed by atoms with E-state index in [1.54, 1.807) is 6.20 Å². The molecule has 2 heterocycles. The van der Waals surface area contributed by atoms with Crippen molar-refractivity contribution in [2.75, 3.05) is 6.54 Å². The fourth-order valence-corrected chi connectivity index (χ4v) is 3.79. The number of nitrogens with zero attached hydrogens (tertiary/aromatic N) is 2. The Morgan fingerprint density at radius 2 is 2.05 bits per heavy atom. The molecule has 2 aliphatic rings. The van der Waals surface area contributed by atoms with E-state index in [1.165, 1.54) is 24.0 Å². The number of aromatic amines is 1. The lowest BCUT2D eigenvalue weighted by Crippen LogP contribution is -2.31. The lowest BCUT2D eigenvalue weighted by Gasteiger charge is -2.24. The molecule has 4 heteroatoms. The molecule has 1 amide bonds. The standard InChI is InChI=1S/C18H21N3O/c22-18(15-8-7-13-4-1-2-5-14(13)12-15)21-11-3-6-16(21)17-19-9-10-20-17/h7-10,12,16H,1-6,11H2,(H,19,20). The summed E-state index contributed by atoms with van der Waals surface area (Å²) in [5.41, 5.74) is 3.62. The van der Waals surface area contributed by atoms with Crippen molar-refractivity contribution in [3.8, 4) is 0 Å². The second-order valence-electron chi connectivity index (χ2n) is 6.32. The van der Waals surface area contributed by atoms with Crippen molar-refractivity contribution in [1.29, 1.82) is 0 Å². The predicted molar refractivity (Wildman–Crippen MR) is 84.7 cm³/mol. The number of fused-ring (bicyclic) bond motifs is 1. The zero-order valence-corrected chi connectivity index (χ0v) is 12.7. The van der Waals surface area contributed by atoms with Gasteiger partial charge >= 0.3 is 0 Å². The van der Waals surface area contributed by atoms with Crippen molar-refractivity contribution in [2.24, 2.45) is 0 Å². The number of imidazole rings is 1. The monoisotopic (exact) mass is 295 g/mol. The second kappa shape index (κ2) is 5.59. The largest absolute Gasteiger partial charge is 0.347 e. The summed E-state index contributed by atoms with van der Waals surface area (Å²) < 4.78 is 0. The number of carbonyl (C=O) groups is 1. The first kappa shape index (κ1) is 13.6. The normalized spacial score (nSPS) is 20.9. The Morgan fingerprint density at radius 3 is 2.86 bits per heavy atom. The van der Waals surface area contributed by atoms with E-state index in [0.717, 1.165) is 43.6 Å². The van der Waals surface area contributed by atoms with Crippen molar-refractivity contribution in [3.63, 3.8) is 0 Å². The molecule has 0 spiro atoms. The van der Waals surface area contributed by atoms with E-state index in [2.05, 4.69) is 22.1 Å². The highest BCUT2D eigenvalue weighted by Crippen LogP contribution is 2.32. The van der Waals surface area contributed by atoms with Gasteiger partial charge in [0.2, 0.25) is 0 Å². The van der Waals surface area contributed by atoms with Gasteiger partial charge in [0, 0.05) is 24.5 Å². The number of aryl methyl sites for hydroxylation is 2. The summed E-state index contributed by atoms with van der Waals surface area (Å²) in [6.07, 6.45) is 10.4. The van der Waals surface area contributed by atoms with Gasteiger partial charge in [-0.05, 0) is 61.8 Å². The van der Waals surface area contributed by atoms with Gasteiger partial charge in [0.25, 0.3) is 5.91 Å². The van der Waals surface area contributed by atoms with Crippen LogP contribution in [0.4, 0.5) is 0 Å². The third-order valence-electron chi connectivity index (χ3n) is 4.94. The van der Waals surface area contributed by atoms with E-state index in [1.807, 2.05) is 17.2 Å². The third-order valence-corrected chi connectivity index (χ3v) is 4.94. The highest BCUT2D eigenvalue weighted by Gasteiger charge is 2.32. The zero-order chi connectivity index (χ0) is 14.9. The zero-order valence-electron chi connectivity index (χ0n) is 12.7. The molecular weight excluding hydrogens is 274 g/mol. The number of H-pyrrole nitrogens is 1. The molecular formula is C18H21N3O. The Labute approximate surface area is 130 Å². The van der Waals surface area contributed by atoms with Crippen LogP contribution in [0, 0.1) is 0 Å². The number of likely N-dealkylation sites (tertiary alicyclic amines) is 1. The molecule has 1 unspecified atom stereocenters. The van der Waals surface area contributed by atoms with Gasteiger partial charge < -0.3 is 9.88 Å². The van der Waals surface area contributed by atoms with Crippen molar-refractivity contribution in [3.05, 3.63) is 53.1 Å². The molecule has 1 N–H and O–H groups in total. The molecule has 1 aromatic carbocycles. The average Bonchev–Trinajstić information content (AvgIpc) is 3.24. The van der Waals surface area contributed by atoms with Crippen LogP contribution >= 0.6 is 0 Å². The third kappa shape index (κ3) is 2.32. The maximum Gasteiger partial charge on any atom is 0.254 e. The van der Waals surface area contributed by atoms with Crippen LogP contribution < -0.4 is 0 Å². The maximum absolute atomic E-state index is 12.9. The van der Waals surface area contributed by atoms with Gasteiger partial charge in [-0.1, -0.05) is 6.07 Å². The highest BCUT2D eigenvalue weighted by atomic mass is 16.2.